The lowest BCUT2D eigenvalue weighted by Gasteiger charge is -2.01. The molecule has 0 amide bonds. The van der Waals surface area contributed by atoms with E-state index in [4.69, 9.17) is 4.74 Å². The molecule has 0 aromatic rings. The van der Waals surface area contributed by atoms with Crippen LogP contribution in [0, 0.1) is 0 Å². The van der Waals surface area contributed by atoms with Gasteiger partial charge in [-0.15, -0.1) is 0 Å². The first kappa shape index (κ1) is 13.2. The van der Waals surface area contributed by atoms with Crippen LogP contribution in [0.25, 0.3) is 0 Å². The molecule has 0 radical (unpaired) electrons. The molecule has 0 fully saturated rings. The minimum atomic E-state index is -0.0912. The standard InChI is InChI=1S/C12H22O2/c1-3-5-6-7-8-9-10-11-14-12(13)4-2/h6-7H,3-5,8-11H2,1-2H3/b7-6+. The number of rotatable bonds is 8. The Morgan fingerprint density at radius 1 is 1.14 bits per heavy atom. The van der Waals surface area contributed by atoms with Crippen molar-refractivity contribution in [2.45, 2.75) is 52.4 Å². The van der Waals surface area contributed by atoms with E-state index in [1.165, 1.54) is 12.8 Å². The Kier molecular flexibility index (Phi) is 9.71. The second-order valence-corrected chi connectivity index (χ2v) is 3.33. The van der Waals surface area contributed by atoms with Crippen LogP contribution in [-0.4, -0.2) is 12.6 Å². The van der Waals surface area contributed by atoms with Gasteiger partial charge in [-0.25, -0.2) is 0 Å². The van der Waals surface area contributed by atoms with E-state index < -0.39 is 0 Å². The van der Waals surface area contributed by atoms with E-state index in [2.05, 4.69) is 19.1 Å². The molecule has 0 aliphatic rings. The van der Waals surface area contributed by atoms with Crippen molar-refractivity contribution in [2.24, 2.45) is 0 Å². The first-order chi connectivity index (χ1) is 6.81. The molecule has 0 heterocycles. The summed E-state index contributed by atoms with van der Waals surface area (Å²) in [6, 6.07) is 0. The van der Waals surface area contributed by atoms with Crippen LogP contribution < -0.4 is 0 Å². The van der Waals surface area contributed by atoms with Gasteiger partial charge in [0, 0.05) is 6.42 Å². The van der Waals surface area contributed by atoms with Crippen LogP contribution in [0.3, 0.4) is 0 Å². The lowest BCUT2D eigenvalue weighted by Crippen LogP contribution is -2.03. The van der Waals surface area contributed by atoms with E-state index >= 15 is 0 Å². The topological polar surface area (TPSA) is 26.3 Å². The predicted molar refractivity (Wildman–Crippen MR) is 59.1 cm³/mol. The number of carbonyl (C=O) groups excluding carboxylic acids is 1. The highest BCUT2D eigenvalue weighted by molar-refractivity contribution is 5.68. The number of carbonyl (C=O) groups is 1. The Bertz CT molecular complexity index is 162. The zero-order chi connectivity index (χ0) is 10.6. The van der Waals surface area contributed by atoms with Crippen molar-refractivity contribution < 1.29 is 9.53 Å². The predicted octanol–water partition coefficient (Wildman–Crippen LogP) is 3.47. The summed E-state index contributed by atoms with van der Waals surface area (Å²) in [5.41, 5.74) is 0. The highest BCUT2D eigenvalue weighted by Crippen LogP contribution is 1.99. The summed E-state index contributed by atoms with van der Waals surface area (Å²) in [4.78, 5) is 10.7. The van der Waals surface area contributed by atoms with Gasteiger partial charge in [0.2, 0.25) is 0 Å². The third-order valence-electron chi connectivity index (χ3n) is 1.94. The van der Waals surface area contributed by atoms with Gasteiger partial charge in [0.1, 0.15) is 0 Å². The fourth-order valence-electron chi connectivity index (χ4n) is 1.05. The normalized spacial score (nSPS) is 10.7. The number of hydrogen-bond donors (Lipinski definition) is 0. The van der Waals surface area contributed by atoms with Gasteiger partial charge in [-0.05, 0) is 25.7 Å². The number of esters is 1. The van der Waals surface area contributed by atoms with Crippen LogP contribution in [0.4, 0.5) is 0 Å². The Morgan fingerprint density at radius 2 is 1.86 bits per heavy atom. The van der Waals surface area contributed by atoms with E-state index in [1.807, 2.05) is 6.92 Å². The lowest BCUT2D eigenvalue weighted by molar-refractivity contribution is -0.143. The lowest BCUT2D eigenvalue weighted by atomic mass is 10.2. The summed E-state index contributed by atoms with van der Waals surface area (Å²) < 4.78 is 4.96. The summed E-state index contributed by atoms with van der Waals surface area (Å²) >= 11 is 0. The van der Waals surface area contributed by atoms with Crippen LogP contribution in [0.1, 0.15) is 52.4 Å². The molecule has 82 valence electrons. The van der Waals surface area contributed by atoms with E-state index in [0.29, 0.717) is 13.0 Å². The Hall–Kier alpha value is -0.790. The summed E-state index contributed by atoms with van der Waals surface area (Å²) in [6.07, 6.45) is 10.5. The number of ether oxygens (including phenoxy) is 1. The molecule has 0 unspecified atom stereocenters. The van der Waals surface area contributed by atoms with E-state index in [-0.39, 0.29) is 5.97 Å². The molecule has 0 saturated heterocycles. The molecule has 0 spiro atoms. The van der Waals surface area contributed by atoms with Crippen molar-refractivity contribution >= 4 is 5.97 Å². The van der Waals surface area contributed by atoms with Crippen LogP contribution in [0.15, 0.2) is 12.2 Å². The summed E-state index contributed by atoms with van der Waals surface area (Å²) in [6.45, 7) is 4.57. The van der Waals surface area contributed by atoms with E-state index in [9.17, 15) is 4.79 Å². The molecule has 0 aromatic carbocycles. The Labute approximate surface area is 87.3 Å². The molecule has 2 nitrogen and oxygen atoms in total. The van der Waals surface area contributed by atoms with Gasteiger partial charge in [0.05, 0.1) is 6.61 Å². The highest BCUT2D eigenvalue weighted by Gasteiger charge is 1.95. The zero-order valence-electron chi connectivity index (χ0n) is 9.42. The average Bonchev–Trinajstić information content (AvgIpc) is 2.21. The Balaban J connectivity index is 3.10. The second-order valence-electron chi connectivity index (χ2n) is 3.33. The van der Waals surface area contributed by atoms with Gasteiger partial charge in [-0.1, -0.05) is 32.4 Å². The summed E-state index contributed by atoms with van der Waals surface area (Å²) in [7, 11) is 0. The number of allylic oxidation sites excluding steroid dienone is 2. The van der Waals surface area contributed by atoms with Gasteiger partial charge >= 0.3 is 5.97 Å². The summed E-state index contributed by atoms with van der Waals surface area (Å²) in [5, 5.41) is 0. The smallest absolute Gasteiger partial charge is 0.305 e. The van der Waals surface area contributed by atoms with Gasteiger partial charge in [0.15, 0.2) is 0 Å². The largest absolute Gasteiger partial charge is 0.466 e. The van der Waals surface area contributed by atoms with Crippen LogP contribution >= 0.6 is 0 Å². The minimum Gasteiger partial charge on any atom is -0.466 e. The molecule has 0 saturated carbocycles. The zero-order valence-corrected chi connectivity index (χ0v) is 9.42. The SMILES string of the molecule is CCC/C=C/CCCCOC(=O)CC. The molecule has 0 aliphatic carbocycles. The highest BCUT2D eigenvalue weighted by atomic mass is 16.5. The third-order valence-corrected chi connectivity index (χ3v) is 1.94. The monoisotopic (exact) mass is 198 g/mol. The third kappa shape index (κ3) is 9.30. The van der Waals surface area contributed by atoms with Crippen LogP contribution in [0.2, 0.25) is 0 Å². The molecule has 0 rings (SSSR count). The summed E-state index contributed by atoms with van der Waals surface area (Å²) in [5.74, 6) is -0.0912. The first-order valence-corrected chi connectivity index (χ1v) is 5.61. The van der Waals surface area contributed by atoms with Crippen molar-refractivity contribution in [3.63, 3.8) is 0 Å². The van der Waals surface area contributed by atoms with Gasteiger partial charge < -0.3 is 4.74 Å². The van der Waals surface area contributed by atoms with Crippen LogP contribution in [0.5, 0.6) is 0 Å². The van der Waals surface area contributed by atoms with E-state index in [1.54, 1.807) is 0 Å². The van der Waals surface area contributed by atoms with Crippen molar-refractivity contribution in [3.05, 3.63) is 12.2 Å². The molecule has 0 N–H and O–H groups in total. The van der Waals surface area contributed by atoms with Gasteiger partial charge in [-0.3, -0.25) is 4.79 Å². The number of unbranched alkanes of at least 4 members (excludes halogenated alkanes) is 3. The van der Waals surface area contributed by atoms with Crippen molar-refractivity contribution in [2.75, 3.05) is 6.61 Å². The maximum atomic E-state index is 10.7. The number of hydrogen-bond acceptors (Lipinski definition) is 2. The quantitative estimate of drug-likeness (QED) is 0.339. The maximum absolute atomic E-state index is 10.7. The van der Waals surface area contributed by atoms with Gasteiger partial charge in [-0.2, -0.15) is 0 Å². The maximum Gasteiger partial charge on any atom is 0.305 e. The molecule has 0 bridgehead atoms. The van der Waals surface area contributed by atoms with Crippen molar-refractivity contribution in [1.29, 1.82) is 0 Å². The molecular formula is C12H22O2. The van der Waals surface area contributed by atoms with E-state index in [0.717, 1.165) is 19.3 Å². The second kappa shape index (κ2) is 10.3. The molecule has 2 heteroatoms. The Morgan fingerprint density at radius 3 is 2.50 bits per heavy atom. The van der Waals surface area contributed by atoms with Gasteiger partial charge in [0.25, 0.3) is 0 Å². The fourth-order valence-corrected chi connectivity index (χ4v) is 1.05. The molecule has 0 aromatic heterocycles. The fraction of sp³-hybridized carbons (Fsp3) is 0.750. The van der Waals surface area contributed by atoms with Crippen molar-refractivity contribution in [3.8, 4) is 0 Å². The first-order valence-electron chi connectivity index (χ1n) is 5.61. The molecule has 14 heavy (non-hydrogen) atoms. The minimum absolute atomic E-state index is 0.0912. The van der Waals surface area contributed by atoms with Crippen molar-refractivity contribution in [1.82, 2.24) is 0 Å². The average molecular weight is 198 g/mol. The molecule has 0 atom stereocenters. The van der Waals surface area contributed by atoms with Crippen LogP contribution in [-0.2, 0) is 9.53 Å². The molecular weight excluding hydrogens is 176 g/mol. The molecule has 0 aliphatic heterocycles.